The van der Waals surface area contributed by atoms with Crippen LogP contribution in [0, 0.1) is 4.84 Å². The number of fused-ring (bicyclic) bond motifs is 1. The van der Waals surface area contributed by atoms with Crippen molar-refractivity contribution in [2.75, 3.05) is 26.3 Å². The summed E-state index contributed by atoms with van der Waals surface area (Å²) in [6.45, 7) is 3.25. The number of nitrogens with one attached hydrogen (secondary N) is 1. The number of carbonyl (C=O) groups is 1. The second kappa shape index (κ2) is 6.38. The van der Waals surface area contributed by atoms with Crippen molar-refractivity contribution in [3.8, 4) is 0 Å². The van der Waals surface area contributed by atoms with Gasteiger partial charge in [0.2, 0.25) is 5.91 Å². The maximum Gasteiger partial charge on any atom is 0.269 e. The van der Waals surface area contributed by atoms with Crippen LogP contribution in [-0.4, -0.2) is 41.8 Å². The lowest BCUT2D eigenvalue weighted by Crippen LogP contribution is -2.48. The van der Waals surface area contributed by atoms with E-state index in [9.17, 15) is 4.79 Å². The van der Waals surface area contributed by atoms with E-state index >= 15 is 0 Å². The fraction of sp³-hybridized carbons (Fsp3) is 0.429. The number of aromatic nitrogens is 1. The zero-order chi connectivity index (χ0) is 14.7. The smallest absolute Gasteiger partial charge is 0.269 e. The van der Waals surface area contributed by atoms with Gasteiger partial charge in [-0.05, 0) is 24.4 Å². The van der Waals surface area contributed by atoms with Crippen LogP contribution in [0.1, 0.15) is 6.42 Å². The summed E-state index contributed by atoms with van der Waals surface area (Å²) in [6, 6.07) is 7.64. The van der Waals surface area contributed by atoms with Gasteiger partial charge in [-0.2, -0.15) is 0 Å². The molecule has 1 amide bonds. The van der Waals surface area contributed by atoms with E-state index in [4.69, 9.17) is 21.4 Å². The number of rotatable bonds is 4. The van der Waals surface area contributed by atoms with E-state index in [1.165, 1.54) is 0 Å². The average molecular weight is 307 g/mol. The van der Waals surface area contributed by atoms with Gasteiger partial charge in [0.1, 0.15) is 0 Å². The lowest BCUT2D eigenvalue weighted by molar-refractivity contribution is -0.128. The molecule has 0 unspecified atom stereocenters. The van der Waals surface area contributed by atoms with Crippen molar-refractivity contribution in [3.05, 3.63) is 29.1 Å². The molecule has 0 radical (unpaired) electrons. The molecule has 1 aromatic carbocycles. The molecule has 0 saturated carbocycles. The van der Waals surface area contributed by atoms with Gasteiger partial charge in [-0.15, -0.1) is 0 Å². The molecular formula is C14H17N3O3S. The van der Waals surface area contributed by atoms with E-state index in [1.54, 1.807) is 0 Å². The summed E-state index contributed by atoms with van der Waals surface area (Å²) in [7, 11) is 0. The highest BCUT2D eigenvalue weighted by Crippen LogP contribution is 2.17. The number of carbonyl (C=O) groups excluding carboxylic acids is 1. The lowest BCUT2D eigenvalue weighted by Gasteiger charge is -2.26. The normalized spacial score (nSPS) is 16.2. The quantitative estimate of drug-likeness (QED) is 0.872. The molecule has 1 aliphatic heterocycles. The van der Waals surface area contributed by atoms with Crippen molar-refractivity contribution in [2.24, 2.45) is 0 Å². The van der Waals surface area contributed by atoms with Crippen LogP contribution in [0.25, 0.3) is 11.1 Å². The van der Waals surface area contributed by atoms with E-state index in [-0.39, 0.29) is 5.91 Å². The molecule has 1 aliphatic rings. The van der Waals surface area contributed by atoms with E-state index in [2.05, 4.69) is 5.43 Å². The molecule has 112 valence electrons. The van der Waals surface area contributed by atoms with Crippen LogP contribution >= 0.6 is 12.2 Å². The molecule has 7 heteroatoms. The first-order valence-electron chi connectivity index (χ1n) is 6.94. The maximum atomic E-state index is 12.0. The zero-order valence-electron chi connectivity index (χ0n) is 11.6. The summed E-state index contributed by atoms with van der Waals surface area (Å²) < 4.78 is 12.6. The molecule has 3 rings (SSSR count). The van der Waals surface area contributed by atoms with Gasteiger partial charge in [0.15, 0.2) is 5.58 Å². The SMILES string of the molecule is O=C(CCn1c(=S)oc2ccccc21)NN1CCOCC1. The number of morpholine rings is 1. The molecule has 0 atom stereocenters. The minimum atomic E-state index is -0.0240. The van der Waals surface area contributed by atoms with Gasteiger partial charge in [0.25, 0.3) is 4.84 Å². The van der Waals surface area contributed by atoms with E-state index in [0.29, 0.717) is 31.0 Å². The minimum Gasteiger partial charge on any atom is -0.429 e. The third-order valence-electron chi connectivity index (χ3n) is 3.43. The summed E-state index contributed by atoms with van der Waals surface area (Å²) in [4.78, 5) is 12.4. The Balaban J connectivity index is 1.62. The van der Waals surface area contributed by atoms with Gasteiger partial charge in [0.05, 0.1) is 18.7 Å². The predicted octanol–water partition coefficient (Wildman–Crippen LogP) is 1.72. The van der Waals surface area contributed by atoms with Gasteiger partial charge < -0.3 is 9.15 Å². The standard InChI is InChI=1S/C14H17N3O3S/c18-13(15-16-7-9-19-10-8-16)5-6-17-11-3-1-2-4-12(11)20-14(17)21/h1-4H,5-10H2,(H,15,18). The lowest BCUT2D eigenvalue weighted by atomic mass is 10.3. The molecule has 1 fully saturated rings. The Morgan fingerprint density at radius 3 is 2.86 bits per heavy atom. The van der Waals surface area contributed by atoms with Crippen molar-refractivity contribution < 1.29 is 13.9 Å². The molecule has 0 aliphatic carbocycles. The molecule has 1 saturated heterocycles. The number of amides is 1. The average Bonchev–Trinajstić information content (AvgIpc) is 2.81. The third-order valence-corrected chi connectivity index (χ3v) is 3.73. The van der Waals surface area contributed by atoms with Crippen LogP contribution in [-0.2, 0) is 16.1 Å². The number of nitrogens with zero attached hydrogens (tertiary/aromatic N) is 2. The van der Waals surface area contributed by atoms with Crippen LogP contribution in [0.15, 0.2) is 28.7 Å². The first-order chi connectivity index (χ1) is 10.2. The highest BCUT2D eigenvalue weighted by atomic mass is 32.1. The topological polar surface area (TPSA) is 59.6 Å². The zero-order valence-corrected chi connectivity index (χ0v) is 12.4. The van der Waals surface area contributed by atoms with Crippen LogP contribution in [0.2, 0.25) is 0 Å². The van der Waals surface area contributed by atoms with Crippen LogP contribution in [0.4, 0.5) is 0 Å². The number of aryl methyl sites for hydroxylation is 1. The second-order valence-corrected chi connectivity index (χ2v) is 5.22. The summed E-state index contributed by atoms with van der Waals surface area (Å²) in [6.07, 6.45) is 0.356. The van der Waals surface area contributed by atoms with Crippen molar-refractivity contribution in [1.82, 2.24) is 15.0 Å². The minimum absolute atomic E-state index is 0.0240. The fourth-order valence-corrected chi connectivity index (χ4v) is 2.63. The molecule has 0 spiro atoms. The number of hydrogen-bond acceptors (Lipinski definition) is 5. The van der Waals surface area contributed by atoms with E-state index in [1.807, 2.05) is 33.8 Å². The number of para-hydroxylation sites is 2. The molecule has 1 aromatic heterocycles. The number of hydrazine groups is 1. The van der Waals surface area contributed by atoms with Crippen LogP contribution in [0.3, 0.4) is 0 Å². The largest absolute Gasteiger partial charge is 0.429 e. The second-order valence-electron chi connectivity index (χ2n) is 4.87. The molecule has 1 N–H and O–H groups in total. The summed E-state index contributed by atoms with van der Waals surface area (Å²) in [5, 5.41) is 1.89. The highest BCUT2D eigenvalue weighted by Gasteiger charge is 2.14. The molecule has 21 heavy (non-hydrogen) atoms. The van der Waals surface area contributed by atoms with Crippen molar-refractivity contribution in [3.63, 3.8) is 0 Å². The Kier molecular flexibility index (Phi) is 4.33. The van der Waals surface area contributed by atoms with Gasteiger partial charge >= 0.3 is 0 Å². The first kappa shape index (κ1) is 14.2. The first-order valence-corrected chi connectivity index (χ1v) is 7.35. The Labute approximate surface area is 127 Å². The number of ether oxygens (including phenoxy) is 1. The molecule has 6 nitrogen and oxygen atoms in total. The third kappa shape index (κ3) is 3.31. The maximum absolute atomic E-state index is 12.0. The predicted molar refractivity (Wildman–Crippen MR) is 80.2 cm³/mol. The van der Waals surface area contributed by atoms with E-state index < -0.39 is 0 Å². The van der Waals surface area contributed by atoms with Gasteiger partial charge in [-0.1, -0.05) is 12.1 Å². The Morgan fingerprint density at radius 1 is 1.29 bits per heavy atom. The Hall–Kier alpha value is -1.70. The fourth-order valence-electron chi connectivity index (χ4n) is 2.35. The molecule has 2 aromatic rings. The van der Waals surface area contributed by atoms with E-state index in [0.717, 1.165) is 24.2 Å². The molecule has 0 bridgehead atoms. The van der Waals surface area contributed by atoms with Crippen molar-refractivity contribution in [1.29, 1.82) is 0 Å². The Morgan fingerprint density at radius 2 is 2.05 bits per heavy atom. The molecular weight excluding hydrogens is 290 g/mol. The molecule has 2 heterocycles. The number of benzene rings is 1. The van der Waals surface area contributed by atoms with Crippen molar-refractivity contribution in [2.45, 2.75) is 13.0 Å². The van der Waals surface area contributed by atoms with Crippen LogP contribution < -0.4 is 5.43 Å². The summed E-state index contributed by atoms with van der Waals surface area (Å²) >= 11 is 5.20. The summed E-state index contributed by atoms with van der Waals surface area (Å²) in [5.41, 5.74) is 4.55. The number of hydrogen-bond donors (Lipinski definition) is 1. The summed E-state index contributed by atoms with van der Waals surface area (Å²) in [5.74, 6) is -0.0240. The van der Waals surface area contributed by atoms with Crippen molar-refractivity contribution >= 4 is 29.2 Å². The Bertz CT molecular complexity index is 688. The van der Waals surface area contributed by atoms with Crippen LogP contribution in [0.5, 0.6) is 0 Å². The highest BCUT2D eigenvalue weighted by molar-refractivity contribution is 7.71. The van der Waals surface area contributed by atoms with Gasteiger partial charge in [0, 0.05) is 26.1 Å². The number of oxazole rings is 1. The van der Waals surface area contributed by atoms with Gasteiger partial charge in [-0.25, -0.2) is 5.01 Å². The van der Waals surface area contributed by atoms with Gasteiger partial charge in [-0.3, -0.25) is 14.8 Å². The monoisotopic (exact) mass is 307 g/mol.